The number of rotatable bonds is 5. The normalized spacial score (nSPS) is 19.9. The van der Waals surface area contributed by atoms with Gasteiger partial charge in [0.2, 0.25) is 5.91 Å². The van der Waals surface area contributed by atoms with Crippen LogP contribution < -0.4 is 10.6 Å². The van der Waals surface area contributed by atoms with Gasteiger partial charge in [-0.15, -0.1) is 5.10 Å². The van der Waals surface area contributed by atoms with E-state index in [1.165, 1.54) is 0 Å². The molecule has 1 saturated carbocycles. The molecule has 2 aliphatic rings. The lowest BCUT2D eigenvalue weighted by atomic mass is 10.1. The Morgan fingerprint density at radius 1 is 1.20 bits per heavy atom. The van der Waals surface area contributed by atoms with E-state index >= 15 is 0 Å². The molecule has 1 atom stereocenters. The topological polar surface area (TPSA) is 79.3 Å². The van der Waals surface area contributed by atoms with Crippen molar-refractivity contribution in [3.63, 3.8) is 0 Å². The van der Waals surface area contributed by atoms with Crippen LogP contribution in [0, 0.1) is 5.92 Å². The van der Waals surface area contributed by atoms with Crippen LogP contribution in [0.5, 0.6) is 0 Å². The number of carbonyl (C=O) groups is 2. The molecule has 1 saturated heterocycles. The lowest BCUT2D eigenvalue weighted by Gasteiger charge is -2.15. The summed E-state index contributed by atoms with van der Waals surface area (Å²) in [6.45, 7) is 1.26. The Balaban J connectivity index is 1.27. The van der Waals surface area contributed by atoms with Gasteiger partial charge in [0.15, 0.2) is 5.82 Å². The molecule has 2 heterocycles. The second-order valence-corrected chi connectivity index (χ2v) is 6.66. The highest BCUT2D eigenvalue weighted by molar-refractivity contribution is 5.88. The van der Waals surface area contributed by atoms with E-state index in [0.29, 0.717) is 24.8 Å². The number of benzene rings is 1. The lowest BCUT2D eigenvalue weighted by molar-refractivity contribution is -0.128. The molecule has 3 amide bonds. The van der Waals surface area contributed by atoms with Crippen LogP contribution >= 0.6 is 0 Å². The van der Waals surface area contributed by atoms with Crippen molar-refractivity contribution in [2.45, 2.75) is 25.3 Å². The van der Waals surface area contributed by atoms with Crippen LogP contribution in [0.15, 0.2) is 42.6 Å². The zero-order chi connectivity index (χ0) is 17.2. The molecule has 1 aliphatic carbocycles. The quantitative estimate of drug-likeness (QED) is 0.874. The van der Waals surface area contributed by atoms with Gasteiger partial charge in [-0.1, -0.05) is 18.2 Å². The Morgan fingerprint density at radius 3 is 2.76 bits per heavy atom. The Labute approximate surface area is 146 Å². The van der Waals surface area contributed by atoms with Gasteiger partial charge in [0.1, 0.15) is 0 Å². The molecule has 4 rings (SSSR count). The van der Waals surface area contributed by atoms with Crippen molar-refractivity contribution in [1.29, 1.82) is 0 Å². The summed E-state index contributed by atoms with van der Waals surface area (Å²) < 4.78 is 1.71. The van der Waals surface area contributed by atoms with Gasteiger partial charge >= 0.3 is 6.03 Å². The van der Waals surface area contributed by atoms with E-state index in [1.807, 2.05) is 35.2 Å². The zero-order valence-electron chi connectivity index (χ0n) is 13.9. The number of para-hydroxylation sites is 1. The van der Waals surface area contributed by atoms with Crippen molar-refractivity contribution < 1.29 is 9.59 Å². The monoisotopic (exact) mass is 339 g/mol. The Hall–Kier alpha value is -2.83. The summed E-state index contributed by atoms with van der Waals surface area (Å²) in [5.41, 5.74) is 0.931. The van der Waals surface area contributed by atoms with Gasteiger partial charge in [0.25, 0.3) is 0 Å². The number of nitrogens with one attached hydrogen (secondary N) is 2. The van der Waals surface area contributed by atoms with E-state index in [1.54, 1.807) is 16.9 Å². The van der Waals surface area contributed by atoms with E-state index in [4.69, 9.17) is 0 Å². The average molecular weight is 339 g/mol. The first kappa shape index (κ1) is 15.7. The zero-order valence-corrected chi connectivity index (χ0v) is 13.9. The predicted octanol–water partition coefficient (Wildman–Crippen LogP) is 2.00. The van der Waals surface area contributed by atoms with Crippen LogP contribution in [-0.4, -0.2) is 45.8 Å². The molecular weight excluding hydrogens is 318 g/mol. The first-order valence-corrected chi connectivity index (χ1v) is 8.64. The summed E-state index contributed by atoms with van der Waals surface area (Å²) >= 11 is 0. The molecule has 2 aromatic rings. The van der Waals surface area contributed by atoms with Crippen LogP contribution in [0.2, 0.25) is 0 Å². The van der Waals surface area contributed by atoms with Crippen molar-refractivity contribution in [1.82, 2.24) is 20.0 Å². The second-order valence-electron chi connectivity index (χ2n) is 6.66. The van der Waals surface area contributed by atoms with Gasteiger partial charge in [-0.05, 0) is 25.0 Å². The van der Waals surface area contributed by atoms with Gasteiger partial charge < -0.3 is 10.2 Å². The number of amides is 3. The van der Waals surface area contributed by atoms with E-state index in [0.717, 1.165) is 25.1 Å². The summed E-state index contributed by atoms with van der Waals surface area (Å²) in [5, 5.41) is 9.92. The highest BCUT2D eigenvalue weighted by Gasteiger charge is 2.39. The molecular formula is C18H21N5O2. The SMILES string of the molecule is O=C(NCC1CC(=O)N(C2CC2)C1)Nc1ccn(-c2ccccc2)n1. The Kier molecular flexibility index (Phi) is 4.13. The number of anilines is 1. The fraction of sp³-hybridized carbons (Fsp3) is 0.389. The molecule has 7 heteroatoms. The van der Waals surface area contributed by atoms with Crippen LogP contribution in [0.25, 0.3) is 5.69 Å². The number of carbonyl (C=O) groups excluding carboxylic acids is 2. The maximum atomic E-state index is 12.1. The largest absolute Gasteiger partial charge is 0.339 e. The lowest BCUT2D eigenvalue weighted by Crippen LogP contribution is -2.34. The molecule has 1 unspecified atom stereocenters. The highest BCUT2D eigenvalue weighted by atomic mass is 16.2. The number of urea groups is 1. The second kappa shape index (κ2) is 6.58. The van der Waals surface area contributed by atoms with Crippen LogP contribution in [0.4, 0.5) is 10.6 Å². The molecule has 130 valence electrons. The maximum absolute atomic E-state index is 12.1. The van der Waals surface area contributed by atoms with Gasteiger partial charge in [0, 0.05) is 43.7 Å². The third-order valence-electron chi connectivity index (χ3n) is 4.63. The number of hydrogen-bond acceptors (Lipinski definition) is 3. The molecule has 7 nitrogen and oxygen atoms in total. The summed E-state index contributed by atoms with van der Waals surface area (Å²) in [6, 6.07) is 11.6. The molecule has 2 fully saturated rings. The molecule has 0 spiro atoms. The smallest absolute Gasteiger partial charge is 0.320 e. The van der Waals surface area contributed by atoms with Gasteiger partial charge in [-0.2, -0.15) is 0 Å². The third kappa shape index (κ3) is 3.65. The minimum Gasteiger partial charge on any atom is -0.339 e. The fourth-order valence-electron chi connectivity index (χ4n) is 3.20. The van der Waals surface area contributed by atoms with Crippen molar-refractivity contribution in [2.75, 3.05) is 18.4 Å². The standard InChI is InChI=1S/C18H21N5O2/c24-17-10-13(12-22(17)14-6-7-14)11-19-18(25)20-16-8-9-23(21-16)15-4-2-1-3-5-15/h1-5,8-9,13-14H,6-7,10-12H2,(H2,19,20,21,25). The molecule has 1 aliphatic heterocycles. The molecule has 1 aromatic heterocycles. The van der Waals surface area contributed by atoms with E-state index in [9.17, 15) is 9.59 Å². The minimum atomic E-state index is -0.296. The van der Waals surface area contributed by atoms with Crippen molar-refractivity contribution >= 4 is 17.8 Å². The minimum absolute atomic E-state index is 0.195. The molecule has 0 radical (unpaired) electrons. The summed E-state index contributed by atoms with van der Waals surface area (Å²) in [7, 11) is 0. The summed E-state index contributed by atoms with van der Waals surface area (Å²) in [4.78, 5) is 25.9. The first-order valence-electron chi connectivity index (χ1n) is 8.64. The Morgan fingerprint density at radius 2 is 2.00 bits per heavy atom. The van der Waals surface area contributed by atoms with Gasteiger partial charge in [0.05, 0.1) is 5.69 Å². The molecule has 0 bridgehead atoms. The molecule has 25 heavy (non-hydrogen) atoms. The van der Waals surface area contributed by atoms with Crippen LogP contribution in [-0.2, 0) is 4.79 Å². The van der Waals surface area contributed by atoms with Gasteiger partial charge in [-0.3, -0.25) is 10.1 Å². The van der Waals surface area contributed by atoms with E-state index < -0.39 is 0 Å². The molecule has 2 N–H and O–H groups in total. The third-order valence-corrected chi connectivity index (χ3v) is 4.63. The predicted molar refractivity (Wildman–Crippen MR) is 93.4 cm³/mol. The summed E-state index contributed by atoms with van der Waals surface area (Å²) in [6.07, 6.45) is 4.57. The number of hydrogen-bond donors (Lipinski definition) is 2. The van der Waals surface area contributed by atoms with Crippen LogP contribution in [0.3, 0.4) is 0 Å². The Bertz CT molecular complexity index is 769. The highest BCUT2D eigenvalue weighted by Crippen LogP contribution is 2.32. The van der Waals surface area contributed by atoms with E-state index in [-0.39, 0.29) is 17.9 Å². The van der Waals surface area contributed by atoms with Crippen molar-refractivity contribution in [3.8, 4) is 5.69 Å². The van der Waals surface area contributed by atoms with Crippen molar-refractivity contribution in [2.24, 2.45) is 5.92 Å². The fourth-order valence-corrected chi connectivity index (χ4v) is 3.20. The molecule has 1 aromatic carbocycles. The van der Waals surface area contributed by atoms with Gasteiger partial charge in [-0.25, -0.2) is 9.48 Å². The average Bonchev–Trinajstić information content (AvgIpc) is 3.24. The summed E-state index contributed by atoms with van der Waals surface area (Å²) in [5.74, 6) is 0.903. The number of nitrogens with zero attached hydrogens (tertiary/aromatic N) is 3. The van der Waals surface area contributed by atoms with Crippen molar-refractivity contribution in [3.05, 3.63) is 42.6 Å². The van der Waals surface area contributed by atoms with E-state index in [2.05, 4.69) is 15.7 Å². The number of likely N-dealkylation sites (tertiary alicyclic amines) is 1. The maximum Gasteiger partial charge on any atom is 0.320 e. The number of aromatic nitrogens is 2. The van der Waals surface area contributed by atoms with Crippen LogP contribution in [0.1, 0.15) is 19.3 Å². The first-order chi connectivity index (χ1) is 12.2.